The smallest absolute Gasteiger partial charge is 0.344 e. The number of rotatable bonds is 3. The second-order valence-corrected chi connectivity index (χ2v) is 6.99. The van der Waals surface area contributed by atoms with Gasteiger partial charge in [-0.3, -0.25) is 4.79 Å². The van der Waals surface area contributed by atoms with E-state index in [1.54, 1.807) is 0 Å². The molecule has 4 rings (SSSR count). The van der Waals surface area contributed by atoms with Crippen LogP contribution in [0.1, 0.15) is 22.4 Å². The zero-order valence-corrected chi connectivity index (χ0v) is 14.9. The van der Waals surface area contributed by atoms with Crippen LogP contribution in [0.2, 0.25) is 0 Å². The van der Waals surface area contributed by atoms with E-state index in [1.807, 2.05) is 0 Å². The molecule has 3 aromatic rings. The number of hydrogen-bond acceptors (Lipinski definition) is 2. The lowest BCUT2D eigenvalue weighted by Crippen LogP contribution is -2.30. The minimum atomic E-state index is -4.70. The second-order valence-electron chi connectivity index (χ2n) is 6.99. The topological polar surface area (TPSA) is 39.0 Å². The molecular weight excluding hydrogens is 355 g/mol. The maximum Gasteiger partial charge on any atom is 0.491 e. The van der Waals surface area contributed by atoms with Crippen LogP contribution in [-0.4, -0.2) is 15.7 Å². The highest BCUT2D eigenvalue weighted by Crippen LogP contribution is 2.30. The SMILES string of the molecule is Cc1ccc2c(c1)c1c(n2CCc2ccc(=O)n(C(F)(F)F)c2)CCNC1. The zero-order chi connectivity index (χ0) is 19.2. The monoisotopic (exact) mass is 375 g/mol. The van der Waals surface area contributed by atoms with Gasteiger partial charge < -0.3 is 9.88 Å². The summed E-state index contributed by atoms with van der Waals surface area (Å²) in [7, 11) is 0. The number of alkyl halides is 3. The number of benzene rings is 1. The van der Waals surface area contributed by atoms with Crippen molar-refractivity contribution in [3.8, 4) is 0 Å². The summed E-state index contributed by atoms with van der Waals surface area (Å²) in [5.41, 5.74) is 4.25. The Balaban J connectivity index is 1.70. The highest BCUT2D eigenvalue weighted by atomic mass is 19.4. The fraction of sp³-hybridized carbons (Fsp3) is 0.350. The van der Waals surface area contributed by atoms with E-state index < -0.39 is 11.9 Å². The third-order valence-electron chi connectivity index (χ3n) is 5.15. The van der Waals surface area contributed by atoms with Crippen LogP contribution in [0.25, 0.3) is 10.9 Å². The summed E-state index contributed by atoms with van der Waals surface area (Å²) < 4.78 is 41.0. The molecule has 0 amide bonds. The lowest BCUT2D eigenvalue weighted by Gasteiger charge is -2.17. The molecule has 1 aliphatic heterocycles. The van der Waals surface area contributed by atoms with Crippen LogP contribution >= 0.6 is 0 Å². The van der Waals surface area contributed by atoms with Gasteiger partial charge in [0, 0.05) is 54.9 Å². The Hall–Kier alpha value is -2.54. The van der Waals surface area contributed by atoms with Gasteiger partial charge in [0.25, 0.3) is 5.56 Å². The van der Waals surface area contributed by atoms with Crippen LogP contribution in [0.4, 0.5) is 13.2 Å². The highest BCUT2D eigenvalue weighted by molar-refractivity contribution is 5.86. The molecule has 0 radical (unpaired) electrons. The Morgan fingerprint density at radius 2 is 2.00 bits per heavy atom. The number of nitrogens with one attached hydrogen (secondary N) is 1. The van der Waals surface area contributed by atoms with E-state index in [0.717, 1.165) is 37.3 Å². The highest BCUT2D eigenvalue weighted by Gasteiger charge is 2.31. The third kappa shape index (κ3) is 3.27. The van der Waals surface area contributed by atoms with Crippen molar-refractivity contribution in [3.05, 3.63) is 69.3 Å². The Kier molecular flexibility index (Phi) is 4.34. The van der Waals surface area contributed by atoms with Crippen molar-refractivity contribution in [2.24, 2.45) is 0 Å². The fourth-order valence-electron chi connectivity index (χ4n) is 3.87. The van der Waals surface area contributed by atoms with E-state index in [0.29, 0.717) is 18.5 Å². The molecule has 0 spiro atoms. The number of pyridine rings is 1. The number of aryl methyl sites for hydroxylation is 3. The van der Waals surface area contributed by atoms with Crippen molar-refractivity contribution >= 4 is 10.9 Å². The predicted octanol–water partition coefficient (Wildman–Crippen LogP) is 3.48. The standard InChI is InChI=1S/C20H20F3N3O/c1-13-2-4-17-15(10-13)16-11-24-8-6-18(16)25(17)9-7-14-3-5-19(27)26(12-14)20(21,22)23/h2-5,10,12,24H,6-9,11H2,1H3. The molecule has 3 heterocycles. The largest absolute Gasteiger partial charge is 0.491 e. The Bertz CT molecular complexity index is 1060. The summed E-state index contributed by atoms with van der Waals surface area (Å²) in [6.45, 7) is 4.33. The van der Waals surface area contributed by atoms with Gasteiger partial charge in [0.15, 0.2) is 0 Å². The summed E-state index contributed by atoms with van der Waals surface area (Å²) in [6.07, 6.45) is -2.47. The van der Waals surface area contributed by atoms with Crippen LogP contribution < -0.4 is 10.9 Å². The molecule has 0 fully saturated rings. The molecule has 0 aliphatic carbocycles. The van der Waals surface area contributed by atoms with Gasteiger partial charge in [-0.1, -0.05) is 17.7 Å². The Labute approximate surface area is 154 Å². The van der Waals surface area contributed by atoms with Crippen LogP contribution in [0.15, 0.2) is 41.3 Å². The van der Waals surface area contributed by atoms with Gasteiger partial charge in [-0.05, 0) is 36.6 Å². The first-order valence-corrected chi connectivity index (χ1v) is 8.95. The minimum absolute atomic E-state index is 0.154. The Morgan fingerprint density at radius 1 is 1.19 bits per heavy atom. The van der Waals surface area contributed by atoms with E-state index in [1.165, 1.54) is 28.3 Å². The van der Waals surface area contributed by atoms with E-state index >= 15 is 0 Å². The molecule has 0 saturated carbocycles. The zero-order valence-electron chi connectivity index (χ0n) is 14.9. The molecule has 142 valence electrons. The van der Waals surface area contributed by atoms with Gasteiger partial charge in [0.1, 0.15) is 0 Å². The molecular formula is C20H20F3N3O. The molecule has 0 atom stereocenters. The predicted molar refractivity (Wildman–Crippen MR) is 97.8 cm³/mol. The normalized spacial score (nSPS) is 14.5. The maximum absolute atomic E-state index is 13.0. The molecule has 7 heteroatoms. The van der Waals surface area contributed by atoms with Crippen molar-refractivity contribution < 1.29 is 13.2 Å². The van der Waals surface area contributed by atoms with Gasteiger partial charge >= 0.3 is 6.30 Å². The molecule has 0 saturated heterocycles. The number of hydrogen-bond donors (Lipinski definition) is 1. The van der Waals surface area contributed by atoms with Crippen LogP contribution in [-0.2, 0) is 32.2 Å². The lowest BCUT2D eigenvalue weighted by atomic mass is 10.0. The Morgan fingerprint density at radius 3 is 2.78 bits per heavy atom. The average molecular weight is 375 g/mol. The first-order valence-electron chi connectivity index (χ1n) is 8.95. The second kappa shape index (κ2) is 6.56. The van der Waals surface area contributed by atoms with E-state index in [-0.39, 0.29) is 4.57 Å². The molecule has 0 bridgehead atoms. The van der Waals surface area contributed by atoms with E-state index in [2.05, 4.69) is 35.0 Å². The van der Waals surface area contributed by atoms with Crippen molar-refractivity contribution in [3.63, 3.8) is 0 Å². The molecule has 1 aliphatic rings. The van der Waals surface area contributed by atoms with Crippen molar-refractivity contribution in [2.45, 2.75) is 39.2 Å². The van der Waals surface area contributed by atoms with Gasteiger partial charge in [-0.25, -0.2) is 4.57 Å². The van der Waals surface area contributed by atoms with E-state index in [9.17, 15) is 18.0 Å². The lowest BCUT2D eigenvalue weighted by molar-refractivity contribution is -0.206. The number of fused-ring (bicyclic) bond motifs is 3. The van der Waals surface area contributed by atoms with Crippen LogP contribution in [0.5, 0.6) is 0 Å². The maximum atomic E-state index is 13.0. The summed E-state index contributed by atoms with van der Waals surface area (Å²) >= 11 is 0. The first-order chi connectivity index (χ1) is 12.8. The van der Waals surface area contributed by atoms with Crippen LogP contribution in [0, 0.1) is 6.92 Å². The molecule has 1 aromatic carbocycles. The third-order valence-corrected chi connectivity index (χ3v) is 5.15. The molecule has 4 nitrogen and oxygen atoms in total. The minimum Gasteiger partial charge on any atom is -0.344 e. The van der Waals surface area contributed by atoms with Crippen molar-refractivity contribution in [2.75, 3.05) is 6.54 Å². The van der Waals surface area contributed by atoms with Crippen LogP contribution in [0.3, 0.4) is 0 Å². The molecule has 27 heavy (non-hydrogen) atoms. The number of halogens is 3. The molecule has 2 aromatic heterocycles. The fourth-order valence-corrected chi connectivity index (χ4v) is 3.87. The van der Waals surface area contributed by atoms with Gasteiger partial charge in [-0.2, -0.15) is 0 Å². The summed E-state index contributed by atoms with van der Waals surface area (Å²) in [5, 5.41) is 4.60. The summed E-state index contributed by atoms with van der Waals surface area (Å²) in [5.74, 6) is 0. The van der Waals surface area contributed by atoms with Crippen molar-refractivity contribution in [1.29, 1.82) is 0 Å². The number of aromatic nitrogens is 2. The molecule has 1 N–H and O–H groups in total. The van der Waals surface area contributed by atoms with Crippen molar-refractivity contribution in [1.82, 2.24) is 14.5 Å². The van der Waals surface area contributed by atoms with Gasteiger partial charge in [0.2, 0.25) is 0 Å². The number of nitrogens with zero attached hydrogens (tertiary/aromatic N) is 2. The first kappa shape index (κ1) is 17.9. The van der Waals surface area contributed by atoms with Gasteiger partial charge in [-0.15, -0.1) is 13.2 Å². The van der Waals surface area contributed by atoms with Gasteiger partial charge in [0.05, 0.1) is 0 Å². The van der Waals surface area contributed by atoms with E-state index in [4.69, 9.17) is 0 Å². The summed E-state index contributed by atoms with van der Waals surface area (Å²) in [6, 6.07) is 8.77. The quantitative estimate of drug-likeness (QED) is 0.761. The average Bonchev–Trinajstić information content (AvgIpc) is 2.93. The molecule has 0 unspecified atom stereocenters. The summed E-state index contributed by atoms with van der Waals surface area (Å²) in [4.78, 5) is 11.5.